The van der Waals surface area contributed by atoms with Gasteiger partial charge in [-0.05, 0) is 6.07 Å². The summed E-state index contributed by atoms with van der Waals surface area (Å²) in [5.74, 6) is -0.293. The van der Waals surface area contributed by atoms with Crippen LogP contribution in [-0.4, -0.2) is 41.1 Å². The van der Waals surface area contributed by atoms with Crippen molar-refractivity contribution < 1.29 is 9.90 Å². The Bertz CT molecular complexity index is 371. The smallest absolute Gasteiger partial charge is 0.256 e. The third kappa shape index (κ3) is 3.06. The second-order valence-corrected chi connectivity index (χ2v) is 3.73. The maximum absolute atomic E-state index is 11.7. The first-order valence-corrected chi connectivity index (χ1v) is 4.99. The molecule has 1 rings (SSSR count). The number of nitrogens with zero attached hydrogens (tertiary/aromatic N) is 2. The van der Waals surface area contributed by atoms with Crippen LogP contribution >= 0.6 is 23.2 Å². The van der Waals surface area contributed by atoms with Gasteiger partial charge in [0.25, 0.3) is 5.91 Å². The van der Waals surface area contributed by atoms with Crippen molar-refractivity contribution in [3.05, 3.63) is 28.0 Å². The first-order chi connectivity index (χ1) is 7.06. The summed E-state index contributed by atoms with van der Waals surface area (Å²) in [5.41, 5.74) is 0.275. The van der Waals surface area contributed by atoms with Gasteiger partial charge in [0.1, 0.15) is 5.15 Å². The van der Waals surface area contributed by atoms with E-state index in [1.54, 1.807) is 7.05 Å². The lowest BCUT2D eigenvalue weighted by Gasteiger charge is -2.15. The molecule has 0 atom stereocenters. The number of carbonyl (C=O) groups excluding carboxylic acids is 1. The highest BCUT2D eigenvalue weighted by atomic mass is 35.5. The fraction of sp³-hybridized carbons (Fsp3) is 0.333. The first-order valence-electron chi connectivity index (χ1n) is 4.23. The molecule has 0 saturated heterocycles. The van der Waals surface area contributed by atoms with Crippen molar-refractivity contribution in [2.45, 2.75) is 0 Å². The van der Waals surface area contributed by atoms with Gasteiger partial charge in [-0.2, -0.15) is 0 Å². The predicted octanol–water partition coefficient (Wildman–Crippen LogP) is 1.45. The Balaban J connectivity index is 2.91. The van der Waals surface area contributed by atoms with E-state index in [-0.39, 0.29) is 34.8 Å². The summed E-state index contributed by atoms with van der Waals surface area (Å²) in [4.78, 5) is 16.8. The quantitative estimate of drug-likeness (QED) is 0.825. The highest BCUT2D eigenvalue weighted by molar-refractivity contribution is 6.36. The molecule has 0 unspecified atom stereocenters. The van der Waals surface area contributed by atoms with Crippen LogP contribution in [-0.2, 0) is 0 Å². The lowest BCUT2D eigenvalue weighted by atomic mass is 10.2. The number of pyridine rings is 1. The Hall–Kier alpha value is -0.840. The van der Waals surface area contributed by atoms with Crippen LogP contribution in [0.25, 0.3) is 0 Å². The number of hydrogen-bond acceptors (Lipinski definition) is 3. The van der Waals surface area contributed by atoms with Crippen LogP contribution in [0, 0.1) is 0 Å². The van der Waals surface area contributed by atoms with Crippen molar-refractivity contribution in [3.63, 3.8) is 0 Å². The van der Waals surface area contributed by atoms with E-state index in [1.807, 2.05) is 0 Å². The van der Waals surface area contributed by atoms with Crippen LogP contribution in [0.2, 0.25) is 10.2 Å². The molecule has 0 fully saturated rings. The van der Waals surface area contributed by atoms with E-state index in [2.05, 4.69) is 4.98 Å². The van der Waals surface area contributed by atoms with E-state index >= 15 is 0 Å². The zero-order chi connectivity index (χ0) is 11.4. The molecule has 6 heteroatoms. The molecular formula is C9H10Cl2N2O2. The minimum absolute atomic E-state index is 0.0964. The molecule has 0 radical (unpaired) electrons. The Morgan fingerprint density at radius 1 is 1.60 bits per heavy atom. The van der Waals surface area contributed by atoms with Crippen molar-refractivity contribution in [3.8, 4) is 0 Å². The Morgan fingerprint density at radius 2 is 2.27 bits per heavy atom. The van der Waals surface area contributed by atoms with Gasteiger partial charge in [0, 0.05) is 19.8 Å². The van der Waals surface area contributed by atoms with Gasteiger partial charge in [0.15, 0.2) is 0 Å². The Labute approximate surface area is 97.4 Å². The third-order valence-corrected chi connectivity index (χ3v) is 2.35. The van der Waals surface area contributed by atoms with E-state index in [0.717, 1.165) is 0 Å². The molecule has 0 bridgehead atoms. The van der Waals surface area contributed by atoms with Crippen molar-refractivity contribution in [1.82, 2.24) is 9.88 Å². The van der Waals surface area contributed by atoms with Gasteiger partial charge in [-0.15, -0.1) is 0 Å². The SMILES string of the molecule is CN(CCO)C(=O)c1cnc(Cl)cc1Cl. The molecule has 15 heavy (non-hydrogen) atoms. The maximum Gasteiger partial charge on any atom is 0.256 e. The monoisotopic (exact) mass is 248 g/mol. The summed E-state index contributed by atoms with van der Waals surface area (Å²) in [6.45, 7) is 0.151. The normalized spacial score (nSPS) is 10.1. The first kappa shape index (κ1) is 12.2. The fourth-order valence-corrected chi connectivity index (χ4v) is 1.47. The van der Waals surface area contributed by atoms with Gasteiger partial charge >= 0.3 is 0 Å². The fourth-order valence-electron chi connectivity index (χ4n) is 1.02. The highest BCUT2D eigenvalue weighted by Gasteiger charge is 2.15. The van der Waals surface area contributed by atoms with E-state index in [4.69, 9.17) is 28.3 Å². The zero-order valence-corrected chi connectivity index (χ0v) is 9.59. The zero-order valence-electron chi connectivity index (χ0n) is 8.07. The van der Waals surface area contributed by atoms with Gasteiger partial charge in [-0.3, -0.25) is 4.79 Å². The van der Waals surface area contributed by atoms with Crippen molar-refractivity contribution >= 4 is 29.1 Å². The molecule has 1 N–H and O–H groups in total. The summed E-state index contributed by atoms with van der Waals surface area (Å²) in [6, 6.07) is 1.41. The molecule has 0 spiro atoms. The lowest BCUT2D eigenvalue weighted by molar-refractivity contribution is 0.0766. The number of likely N-dealkylation sites (N-methyl/N-ethyl adjacent to an activating group) is 1. The molecule has 0 aliphatic rings. The van der Waals surface area contributed by atoms with E-state index in [9.17, 15) is 4.79 Å². The summed E-state index contributed by atoms with van der Waals surface area (Å²) >= 11 is 11.4. The molecule has 0 saturated carbocycles. The Morgan fingerprint density at radius 3 is 2.80 bits per heavy atom. The van der Waals surface area contributed by atoms with Crippen LogP contribution in [0.3, 0.4) is 0 Å². The number of hydrogen-bond donors (Lipinski definition) is 1. The average molecular weight is 249 g/mol. The molecule has 1 aromatic heterocycles. The van der Waals surface area contributed by atoms with Gasteiger partial charge in [0.05, 0.1) is 17.2 Å². The lowest BCUT2D eigenvalue weighted by Crippen LogP contribution is -2.29. The summed E-state index contributed by atoms with van der Waals surface area (Å²) in [5, 5.41) is 9.17. The molecule has 82 valence electrons. The average Bonchev–Trinajstić information content (AvgIpc) is 2.17. The third-order valence-electron chi connectivity index (χ3n) is 1.83. The summed E-state index contributed by atoms with van der Waals surface area (Å²) in [6.07, 6.45) is 1.32. The van der Waals surface area contributed by atoms with Crippen LogP contribution in [0.1, 0.15) is 10.4 Å². The second-order valence-electron chi connectivity index (χ2n) is 2.94. The van der Waals surface area contributed by atoms with Crippen LogP contribution < -0.4 is 0 Å². The maximum atomic E-state index is 11.7. The van der Waals surface area contributed by atoms with E-state index in [0.29, 0.717) is 0 Å². The summed E-state index contributed by atoms with van der Waals surface area (Å²) < 4.78 is 0. The summed E-state index contributed by atoms with van der Waals surface area (Å²) in [7, 11) is 1.57. The number of halogens is 2. The largest absolute Gasteiger partial charge is 0.395 e. The molecule has 1 heterocycles. The number of aliphatic hydroxyl groups is 1. The van der Waals surface area contributed by atoms with Crippen molar-refractivity contribution in [1.29, 1.82) is 0 Å². The minimum Gasteiger partial charge on any atom is -0.395 e. The van der Waals surface area contributed by atoms with Gasteiger partial charge in [0.2, 0.25) is 0 Å². The predicted molar refractivity (Wildman–Crippen MR) is 58.3 cm³/mol. The van der Waals surface area contributed by atoms with Crippen LogP contribution in [0.4, 0.5) is 0 Å². The molecule has 4 nitrogen and oxygen atoms in total. The van der Waals surface area contributed by atoms with E-state index < -0.39 is 0 Å². The number of rotatable bonds is 3. The second kappa shape index (κ2) is 5.30. The molecule has 0 aliphatic carbocycles. The molecule has 0 aromatic carbocycles. The topological polar surface area (TPSA) is 53.4 Å². The Kier molecular flexibility index (Phi) is 4.32. The van der Waals surface area contributed by atoms with Gasteiger partial charge in [-0.25, -0.2) is 4.98 Å². The standard InChI is InChI=1S/C9H10Cl2N2O2/c1-13(2-3-14)9(15)6-5-12-8(11)4-7(6)10/h4-5,14H,2-3H2,1H3. The number of amides is 1. The van der Waals surface area contributed by atoms with Crippen LogP contribution in [0.15, 0.2) is 12.3 Å². The molecule has 0 aliphatic heterocycles. The molecule has 1 aromatic rings. The number of aromatic nitrogens is 1. The van der Waals surface area contributed by atoms with Gasteiger partial charge < -0.3 is 10.0 Å². The highest BCUT2D eigenvalue weighted by Crippen LogP contribution is 2.19. The van der Waals surface area contributed by atoms with Gasteiger partial charge in [-0.1, -0.05) is 23.2 Å². The minimum atomic E-state index is -0.293. The van der Waals surface area contributed by atoms with Crippen molar-refractivity contribution in [2.24, 2.45) is 0 Å². The molecule has 1 amide bonds. The number of aliphatic hydroxyl groups excluding tert-OH is 1. The molecular weight excluding hydrogens is 239 g/mol. The van der Waals surface area contributed by atoms with E-state index in [1.165, 1.54) is 17.2 Å². The van der Waals surface area contributed by atoms with Crippen molar-refractivity contribution in [2.75, 3.05) is 20.2 Å². The number of carbonyl (C=O) groups is 1. The van der Waals surface area contributed by atoms with Crippen LogP contribution in [0.5, 0.6) is 0 Å².